The highest BCUT2D eigenvalue weighted by Crippen LogP contribution is 2.35. The Hall–Kier alpha value is -3.16. The molecule has 0 fully saturated rings. The number of hydrazone groups is 1. The van der Waals surface area contributed by atoms with Gasteiger partial charge in [0.05, 0.1) is 22.7 Å². The van der Waals surface area contributed by atoms with Crippen LogP contribution in [0.15, 0.2) is 34.7 Å². The fourth-order valence-corrected chi connectivity index (χ4v) is 4.07. The summed E-state index contributed by atoms with van der Waals surface area (Å²) < 4.78 is 0. The second kappa shape index (κ2) is 8.98. The van der Waals surface area contributed by atoms with Crippen LogP contribution in [0.2, 0.25) is 0 Å². The van der Waals surface area contributed by atoms with Gasteiger partial charge in [-0.05, 0) is 48.9 Å². The van der Waals surface area contributed by atoms with E-state index in [0.29, 0.717) is 12.1 Å². The molecule has 1 aromatic heterocycles. The summed E-state index contributed by atoms with van der Waals surface area (Å²) in [7, 11) is 0. The molecule has 0 aliphatic heterocycles. The third-order valence-electron chi connectivity index (χ3n) is 4.31. The Morgan fingerprint density at radius 2 is 1.89 bits per heavy atom. The largest absolute Gasteiger partial charge is 0.350 e. The van der Waals surface area contributed by atoms with Crippen molar-refractivity contribution in [2.75, 3.05) is 0 Å². The van der Waals surface area contributed by atoms with E-state index in [1.165, 1.54) is 11.3 Å². The number of nitrogens with zero attached hydrogens (tertiary/aromatic N) is 3. The monoisotopic (exact) mass is 379 g/mol. The topological polar surface area (TPSA) is 115 Å². The molecule has 2 rings (SSSR count). The lowest BCUT2D eigenvalue weighted by molar-refractivity contribution is 0.249. The van der Waals surface area contributed by atoms with Crippen LogP contribution < -0.4 is 11.2 Å². The molecule has 3 N–H and O–H groups in total. The highest BCUT2D eigenvalue weighted by atomic mass is 32.1. The average molecular weight is 379 g/mol. The number of hydrogen-bond acceptors (Lipinski definition) is 5. The van der Waals surface area contributed by atoms with Crippen molar-refractivity contribution in [1.29, 1.82) is 10.5 Å². The van der Waals surface area contributed by atoms with E-state index < -0.39 is 11.9 Å². The van der Waals surface area contributed by atoms with E-state index >= 15 is 0 Å². The average Bonchev–Trinajstić information content (AvgIpc) is 3.12. The van der Waals surface area contributed by atoms with Crippen molar-refractivity contribution in [3.63, 3.8) is 0 Å². The molecule has 1 atom stereocenters. The summed E-state index contributed by atoms with van der Waals surface area (Å²) in [6, 6.07) is 11.3. The molecule has 6 nitrogen and oxygen atoms in total. The molecule has 2 amide bonds. The Bertz CT molecular complexity index is 897. The zero-order valence-corrected chi connectivity index (χ0v) is 16.3. The van der Waals surface area contributed by atoms with Gasteiger partial charge in [0.2, 0.25) is 0 Å². The lowest BCUT2D eigenvalue weighted by atomic mass is 9.79. The Labute approximate surface area is 162 Å². The minimum absolute atomic E-state index is 0.331. The number of carbonyl (C=O) groups excluding carboxylic acids is 1. The molecule has 138 valence electrons. The number of amides is 2. The first-order valence-corrected chi connectivity index (χ1v) is 9.28. The molecule has 0 radical (unpaired) electrons. The molecule has 0 saturated carbocycles. The van der Waals surface area contributed by atoms with Gasteiger partial charge in [0, 0.05) is 12.3 Å². The van der Waals surface area contributed by atoms with Gasteiger partial charge in [-0.3, -0.25) is 0 Å². The smallest absolute Gasteiger partial charge is 0.332 e. The summed E-state index contributed by atoms with van der Waals surface area (Å²) in [6.07, 6.45) is 0.331. The lowest BCUT2D eigenvalue weighted by Gasteiger charge is -2.23. The number of primary amides is 1. The number of nitrogens with two attached hydrogens (primary N) is 1. The van der Waals surface area contributed by atoms with Gasteiger partial charge in [-0.2, -0.15) is 15.6 Å². The standard InChI is InChI=1S/C20H21N5OS/c1-12-7-13(2)19(14(3)8-12)16(15(10-21)11-22)9-17(24-25-20(23)26)18-5-4-6-27-18/h4-8,15-16H,9H2,1-3H3,(H3,23,25,26)/t16-/m1/s1. The van der Waals surface area contributed by atoms with Gasteiger partial charge < -0.3 is 5.73 Å². The molecule has 0 bridgehead atoms. The van der Waals surface area contributed by atoms with Crippen molar-refractivity contribution in [3.8, 4) is 12.1 Å². The first-order valence-electron chi connectivity index (χ1n) is 8.40. The molecule has 0 spiro atoms. The minimum Gasteiger partial charge on any atom is -0.350 e. The van der Waals surface area contributed by atoms with E-state index in [9.17, 15) is 15.3 Å². The molecule has 1 aromatic carbocycles. The predicted molar refractivity (Wildman–Crippen MR) is 106 cm³/mol. The van der Waals surface area contributed by atoms with Gasteiger partial charge in [0.15, 0.2) is 0 Å². The first-order chi connectivity index (χ1) is 12.9. The van der Waals surface area contributed by atoms with Gasteiger partial charge in [-0.15, -0.1) is 11.3 Å². The molecular weight excluding hydrogens is 358 g/mol. The molecule has 0 aliphatic rings. The molecular formula is C20H21N5OS. The van der Waals surface area contributed by atoms with Crippen molar-refractivity contribution in [2.45, 2.75) is 33.1 Å². The molecule has 0 unspecified atom stereocenters. The third-order valence-corrected chi connectivity index (χ3v) is 5.23. The normalized spacial score (nSPS) is 12.3. The zero-order chi connectivity index (χ0) is 20.0. The third kappa shape index (κ3) is 4.93. The van der Waals surface area contributed by atoms with E-state index in [0.717, 1.165) is 27.1 Å². The molecule has 2 aromatic rings. The van der Waals surface area contributed by atoms with Crippen LogP contribution >= 0.6 is 11.3 Å². The Morgan fingerprint density at radius 3 is 2.37 bits per heavy atom. The first kappa shape index (κ1) is 20.2. The van der Waals surface area contributed by atoms with Crippen molar-refractivity contribution in [3.05, 3.63) is 56.8 Å². The maximum absolute atomic E-state index is 11.1. The van der Waals surface area contributed by atoms with Crippen molar-refractivity contribution in [1.82, 2.24) is 5.43 Å². The van der Waals surface area contributed by atoms with E-state index in [4.69, 9.17) is 5.73 Å². The van der Waals surface area contributed by atoms with Crippen molar-refractivity contribution in [2.24, 2.45) is 16.8 Å². The zero-order valence-electron chi connectivity index (χ0n) is 15.5. The van der Waals surface area contributed by atoms with Crippen LogP contribution in [0.1, 0.15) is 39.5 Å². The fourth-order valence-electron chi connectivity index (χ4n) is 3.35. The highest BCUT2D eigenvalue weighted by molar-refractivity contribution is 7.12. The maximum Gasteiger partial charge on any atom is 0.332 e. The predicted octanol–water partition coefficient (Wildman–Crippen LogP) is 3.88. The quantitative estimate of drug-likeness (QED) is 0.586. The van der Waals surface area contributed by atoms with Gasteiger partial charge in [-0.25, -0.2) is 10.2 Å². The summed E-state index contributed by atoms with van der Waals surface area (Å²) in [5.74, 6) is -1.22. The number of rotatable bonds is 6. The summed E-state index contributed by atoms with van der Waals surface area (Å²) in [5.41, 5.74) is 12.2. The van der Waals surface area contributed by atoms with Crippen molar-refractivity contribution >= 4 is 23.1 Å². The van der Waals surface area contributed by atoms with E-state index in [2.05, 4.69) is 22.7 Å². The Kier molecular flexibility index (Phi) is 6.70. The second-order valence-corrected chi connectivity index (χ2v) is 7.32. The SMILES string of the molecule is Cc1cc(C)c([C@H](CC(=NNC(N)=O)c2cccs2)C(C#N)C#N)c(C)c1. The molecule has 7 heteroatoms. The number of urea groups is 1. The van der Waals surface area contributed by atoms with Crippen LogP contribution in [0.3, 0.4) is 0 Å². The van der Waals surface area contributed by atoms with Gasteiger partial charge in [-0.1, -0.05) is 23.8 Å². The molecule has 1 heterocycles. The van der Waals surface area contributed by atoms with Gasteiger partial charge >= 0.3 is 6.03 Å². The van der Waals surface area contributed by atoms with Crippen LogP contribution in [0, 0.1) is 49.4 Å². The number of hydrogen-bond donors (Lipinski definition) is 2. The van der Waals surface area contributed by atoms with E-state index in [-0.39, 0.29) is 5.92 Å². The summed E-state index contributed by atoms with van der Waals surface area (Å²) in [5, 5.41) is 25.2. The number of carbonyl (C=O) groups is 1. The minimum atomic E-state index is -0.844. The van der Waals surface area contributed by atoms with E-state index in [1.54, 1.807) is 0 Å². The summed E-state index contributed by atoms with van der Waals surface area (Å²) in [4.78, 5) is 12.0. The fraction of sp³-hybridized carbons (Fsp3) is 0.300. The van der Waals surface area contributed by atoms with E-state index in [1.807, 2.05) is 50.4 Å². The van der Waals surface area contributed by atoms with Crippen LogP contribution in [-0.2, 0) is 0 Å². The number of nitriles is 2. The Balaban J connectivity index is 2.55. The number of nitrogens with one attached hydrogen (secondary N) is 1. The van der Waals surface area contributed by atoms with Crippen LogP contribution in [0.4, 0.5) is 4.79 Å². The summed E-state index contributed by atoms with van der Waals surface area (Å²) >= 11 is 1.47. The van der Waals surface area contributed by atoms with Crippen LogP contribution in [-0.4, -0.2) is 11.7 Å². The number of aryl methyl sites for hydroxylation is 3. The second-order valence-electron chi connectivity index (χ2n) is 6.37. The highest BCUT2D eigenvalue weighted by Gasteiger charge is 2.28. The van der Waals surface area contributed by atoms with Crippen LogP contribution in [0.5, 0.6) is 0 Å². The molecule has 0 saturated heterocycles. The van der Waals surface area contributed by atoms with Crippen LogP contribution in [0.25, 0.3) is 0 Å². The molecule has 27 heavy (non-hydrogen) atoms. The van der Waals surface area contributed by atoms with Gasteiger partial charge in [0.25, 0.3) is 0 Å². The van der Waals surface area contributed by atoms with Crippen molar-refractivity contribution < 1.29 is 4.79 Å². The summed E-state index contributed by atoms with van der Waals surface area (Å²) in [6.45, 7) is 5.98. The number of thiophene rings is 1. The van der Waals surface area contributed by atoms with Gasteiger partial charge in [0.1, 0.15) is 5.92 Å². The Morgan fingerprint density at radius 1 is 1.26 bits per heavy atom. The number of benzene rings is 1. The lowest BCUT2D eigenvalue weighted by Crippen LogP contribution is -2.27. The maximum atomic E-state index is 11.1. The molecule has 0 aliphatic carbocycles.